The third-order valence-electron chi connectivity index (χ3n) is 5.97. The number of nitrogens with zero attached hydrogens (tertiary/aromatic N) is 1. The van der Waals surface area contributed by atoms with Crippen LogP contribution in [0.25, 0.3) is 0 Å². The minimum atomic E-state index is -2.87. The number of rotatable bonds is 4. The number of carbonyl (C=O) groups is 1. The largest absolute Gasteiger partial charge is 0.342 e. The Hall–Kier alpha value is -1.36. The monoisotopic (exact) mass is 349 g/mol. The minimum absolute atomic E-state index is 0.0264. The van der Waals surface area contributed by atoms with Gasteiger partial charge in [0, 0.05) is 19.0 Å². The summed E-state index contributed by atoms with van der Waals surface area (Å²) in [6, 6.07) is 8.58. The molecule has 2 atom stereocenters. The summed E-state index contributed by atoms with van der Waals surface area (Å²) in [5.74, 6) is 0.714. The Morgan fingerprint density at radius 1 is 1.25 bits per heavy atom. The van der Waals surface area contributed by atoms with Crippen LogP contribution in [-0.2, 0) is 21.1 Å². The lowest BCUT2D eigenvalue weighted by Crippen LogP contribution is -2.39. The van der Waals surface area contributed by atoms with Gasteiger partial charge in [0.15, 0.2) is 0 Å². The highest BCUT2D eigenvalue weighted by Gasteiger charge is 2.60. The Labute approximate surface area is 145 Å². The fourth-order valence-corrected chi connectivity index (χ4v) is 5.50. The lowest BCUT2D eigenvalue weighted by molar-refractivity contribution is -0.134. The van der Waals surface area contributed by atoms with Gasteiger partial charge in [-0.1, -0.05) is 29.8 Å². The summed E-state index contributed by atoms with van der Waals surface area (Å²) in [6.45, 7) is 4.15. The van der Waals surface area contributed by atoms with Crippen LogP contribution in [0.15, 0.2) is 24.3 Å². The van der Waals surface area contributed by atoms with E-state index in [0.29, 0.717) is 12.8 Å². The van der Waals surface area contributed by atoms with Crippen LogP contribution >= 0.6 is 0 Å². The van der Waals surface area contributed by atoms with E-state index in [2.05, 4.69) is 38.1 Å². The number of aryl methyl sites for hydroxylation is 1. The zero-order valence-electron chi connectivity index (χ0n) is 14.8. The van der Waals surface area contributed by atoms with E-state index < -0.39 is 9.84 Å². The van der Waals surface area contributed by atoms with Crippen LogP contribution in [-0.4, -0.2) is 43.8 Å². The molecular formula is C19H27NO3S. The average molecular weight is 349 g/mol. The number of likely N-dealkylation sites (N-methyl/N-ethyl adjacent to an activating group) is 1. The summed E-state index contributed by atoms with van der Waals surface area (Å²) in [7, 11) is -0.987. The molecule has 1 aliphatic heterocycles. The van der Waals surface area contributed by atoms with Crippen molar-refractivity contribution in [3.05, 3.63) is 35.4 Å². The first-order valence-corrected chi connectivity index (χ1v) is 10.6. The van der Waals surface area contributed by atoms with Crippen LogP contribution in [0.2, 0.25) is 0 Å². The zero-order chi connectivity index (χ0) is 17.5. The van der Waals surface area contributed by atoms with Crippen molar-refractivity contribution in [2.24, 2.45) is 11.3 Å². The number of hydrogen-bond donors (Lipinski definition) is 0. The third-order valence-corrected chi connectivity index (χ3v) is 7.62. The maximum atomic E-state index is 12.8. The van der Waals surface area contributed by atoms with Gasteiger partial charge >= 0.3 is 0 Å². The molecule has 2 aliphatic rings. The first-order valence-electron chi connectivity index (χ1n) is 8.75. The van der Waals surface area contributed by atoms with Gasteiger partial charge in [-0.3, -0.25) is 4.79 Å². The van der Waals surface area contributed by atoms with Crippen LogP contribution in [0.5, 0.6) is 0 Å². The lowest BCUT2D eigenvalue weighted by Gasteiger charge is -2.28. The topological polar surface area (TPSA) is 54.5 Å². The van der Waals surface area contributed by atoms with Gasteiger partial charge in [-0.25, -0.2) is 8.42 Å². The molecule has 1 heterocycles. The second-order valence-corrected chi connectivity index (χ2v) is 10.1. The van der Waals surface area contributed by atoms with E-state index in [-0.39, 0.29) is 34.8 Å². The molecule has 0 unspecified atom stereocenters. The highest BCUT2D eigenvalue weighted by atomic mass is 32.2. The van der Waals surface area contributed by atoms with E-state index in [9.17, 15) is 13.2 Å². The molecule has 0 N–H and O–H groups in total. The maximum absolute atomic E-state index is 12.8. The van der Waals surface area contributed by atoms with Crippen molar-refractivity contribution in [1.82, 2.24) is 4.90 Å². The van der Waals surface area contributed by atoms with Crippen molar-refractivity contribution >= 4 is 15.7 Å². The molecule has 132 valence electrons. The molecule has 1 saturated carbocycles. The molecule has 1 aliphatic carbocycles. The molecule has 4 nitrogen and oxygen atoms in total. The number of benzene rings is 1. The number of sulfone groups is 1. The average Bonchev–Trinajstić information content (AvgIpc) is 3.26. The van der Waals surface area contributed by atoms with Crippen LogP contribution in [0, 0.1) is 18.3 Å². The summed E-state index contributed by atoms with van der Waals surface area (Å²) in [5, 5.41) is 0. The van der Waals surface area contributed by atoms with Crippen molar-refractivity contribution in [3.8, 4) is 0 Å². The van der Waals surface area contributed by atoms with Crippen LogP contribution in [0.3, 0.4) is 0 Å². The minimum Gasteiger partial charge on any atom is -0.342 e. The Bertz CT molecular complexity index is 709. The fourth-order valence-electron chi connectivity index (χ4n) is 3.86. The van der Waals surface area contributed by atoms with Crippen LogP contribution in [0.1, 0.15) is 37.3 Å². The molecular weight excluding hydrogens is 322 g/mol. The van der Waals surface area contributed by atoms with E-state index >= 15 is 0 Å². The van der Waals surface area contributed by atoms with Gasteiger partial charge < -0.3 is 4.90 Å². The maximum Gasteiger partial charge on any atom is 0.226 e. The SMILES string of the molecule is Cc1ccc(C[C@@H](C)N(C)C(=O)[C@@H]2CC23CCS(=O)(=O)CC3)cc1. The van der Waals surface area contributed by atoms with E-state index in [1.165, 1.54) is 11.1 Å². The molecule has 2 fully saturated rings. The van der Waals surface area contributed by atoms with E-state index in [1.807, 2.05) is 11.9 Å². The molecule has 1 aromatic carbocycles. The molecule has 0 aromatic heterocycles. The van der Waals surface area contributed by atoms with E-state index in [1.54, 1.807) is 0 Å². The molecule has 1 spiro atoms. The molecule has 1 saturated heterocycles. The standard InChI is InChI=1S/C19H27NO3S/c1-14-4-6-16(7-5-14)12-15(2)20(3)18(21)17-13-19(17)8-10-24(22,23)11-9-19/h4-7,15,17H,8-13H2,1-3H3/t15-,17+/m1/s1. The van der Waals surface area contributed by atoms with Crippen molar-refractivity contribution in [1.29, 1.82) is 0 Å². The zero-order valence-corrected chi connectivity index (χ0v) is 15.6. The van der Waals surface area contributed by atoms with Crippen molar-refractivity contribution in [2.75, 3.05) is 18.6 Å². The highest BCUT2D eigenvalue weighted by Crippen LogP contribution is 2.60. The predicted molar refractivity (Wildman–Crippen MR) is 95.5 cm³/mol. The number of amides is 1. The number of carbonyl (C=O) groups excluding carboxylic acids is 1. The summed E-state index contributed by atoms with van der Waals surface area (Å²) >= 11 is 0. The Morgan fingerprint density at radius 3 is 2.42 bits per heavy atom. The molecule has 0 radical (unpaired) electrons. The summed E-state index contributed by atoms with van der Waals surface area (Å²) < 4.78 is 23.2. The van der Waals surface area contributed by atoms with Gasteiger partial charge in [0.2, 0.25) is 5.91 Å². The van der Waals surface area contributed by atoms with Gasteiger partial charge in [-0.2, -0.15) is 0 Å². The number of hydrogen-bond acceptors (Lipinski definition) is 3. The van der Waals surface area contributed by atoms with Crippen LogP contribution in [0.4, 0.5) is 0 Å². The lowest BCUT2D eigenvalue weighted by atomic mass is 9.95. The summed E-state index contributed by atoms with van der Waals surface area (Å²) in [5.41, 5.74) is 2.45. The Kier molecular flexibility index (Phi) is 4.49. The molecule has 1 amide bonds. The van der Waals surface area contributed by atoms with Crippen molar-refractivity contribution in [3.63, 3.8) is 0 Å². The highest BCUT2D eigenvalue weighted by molar-refractivity contribution is 7.91. The fraction of sp³-hybridized carbons (Fsp3) is 0.632. The second kappa shape index (κ2) is 6.17. The molecule has 3 rings (SSSR count). The van der Waals surface area contributed by atoms with Gasteiger partial charge in [0.05, 0.1) is 11.5 Å². The first kappa shape index (κ1) is 17.5. The quantitative estimate of drug-likeness (QED) is 0.839. The smallest absolute Gasteiger partial charge is 0.226 e. The van der Waals surface area contributed by atoms with Gasteiger partial charge in [-0.05, 0) is 50.5 Å². The summed E-state index contributed by atoms with van der Waals surface area (Å²) in [6.07, 6.45) is 3.03. The van der Waals surface area contributed by atoms with Crippen molar-refractivity contribution < 1.29 is 13.2 Å². The Balaban J connectivity index is 1.58. The third kappa shape index (κ3) is 3.51. The molecule has 24 heavy (non-hydrogen) atoms. The van der Waals surface area contributed by atoms with Gasteiger partial charge in [0.1, 0.15) is 9.84 Å². The van der Waals surface area contributed by atoms with Crippen molar-refractivity contribution in [2.45, 2.75) is 45.6 Å². The molecule has 5 heteroatoms. The summed E-state index contributed by atoms with van der Waals surface area (Å²) in [4.78, 5) is 14.7. The molecule has 1 aromatic rings. The Morgan fingerprint density at radius 2 is 1.83 bits per heavy atom. The second-order valence-electron chi connectivity index (χ2n) is 7.76. The van der Waals surface area contributed by atoms with E-state index in [0.717, 1.165) is 12.8 Å². The van der Waals surface area contributed by atoms with E-state index in [4.69, 9.17) is 0 Å². The van der Waals surface area contributed by atoms with Gasteiger partial charge in [0.25, 0.3) is 0 Å². The first-order chi connectivity index (χ1) is 11.2. The molecule has 0 bridgehead atoms. The normalized spacial score (nSPS) is 25.2. The van der Waals surface area contributed by atoms with Crippen LogP contribution < -0.4 is 0 Å². The predicted octanol–water partition coefficient (Wildman–Crippen LogP) is 2.60. The van der Waals surface area contributed by atoms with Gasteiger partial charge in [-0.15, -0.1) is 0 Å².